The quantitative estimate of drug-likeness (QED) is 0.807. The van der Waals surface area contributed by atoms with E-state index in [4.69, 9.17) is 22.7 Å². The highest BCUT2D eigenvalue weighted by Gasteiger charge is 2.23. The van der Waals surface area contributed by atoms with Crippen molar-refractivity contribution in [2.45, 2.75) is 6.10 Å². The number of ether oxygens (including phenoxy) is 1. The smallest absolute Gasteiger partial charge is 0.254 e. The van der Waals surface area contributed by atoms with E-state index in [0.29, 0.717) is 23.7 Å². The van der Waals surface area contributed by atoms with Gasteiger partial charge in [-0.25, -0.2) is 4.98 Å². The fraction of sp³-hybridized carbons (Fsp3) is 0.462. The summed E-state index contributed by atoms with van der Waals surface area (Å²) in [7, 11) is 3.43. The average molecular weight is 294 g/mol. The fourth-order valence-electron chi connectivity index (χ4n) is 1.99. The van der Waals surface area contributed by atoms with E-state index in [1.807, 2.05) is 6.07 Å². The van der Waals surface area contributed by atoms with Gasteiger partial charge < -0.3 is 20.3 Å². The van der Waals surface area contributed by atoms with Crippen molar-refractivity contribution in [3.8, 4) is 0 Å². The van der Waals surface area contributed by atoms with Crippen LogP contribution in [0.2, 0.25) is 0 Å². The Balaban J connectivity index is 2.10. The highest BCUT2D eigenvalue weighted by molar-refractivity contribution is 7.80. The van der Waals surface area contributed by atoms with Crippen molar-refractivity contribution in [1.29, 1.82) is 0 Å². The van der Waals surface area contributed by atoms with E-state index in [1.54, 1.807) is 26.4 Å². The molecule has 1 fully saturated rings. The minimum Gasteiger partial charge on any atom is -0.391 e. The summed E-state index contributed by atoms with van der Waals surface area (Å²) >= 11 is 4.96. The number of amides is 1. The Hall–Kier alpha value is -1.73. The third-order valence-electron chi connectivity index (χ3n) is 3.11. The van der Waals surface area contributed by atoms with Crippen LogP contribution in [0, 0.1) is 0 Å². The second-order valence-electron chi connectivity index (χ2n) is 4.81. The minimum absolute atomic E-state index is 0.0629. The Morgan fingerprint density at radius 1 is 1.55 bits per heavy atom. The van der Waals surface area contributed by atoms with Gasteiger partial charge >= 0.3 is 0 Å². The van der Waals surface area contributed by atoms with Gasteiger partial charge in [0.2, 0.25) is 0 Å². The lowest BCUT2D eigenvalue weighted by Gasteiger charge is -2.33. The lowest BCUT2D eigenvalue weighted by Crippen LogP contribution is -2.48. The standard InChI is InChI=1S/C13H18N4O2S/c1-16(2)13(18)9-3-4-11(15-7-9)17-5-6-19-10(8-17)12(14)20/h3-4,7,10H,5-6,8H2,1-2H3,(H2,14,20). The van der Waals surface area contributed by atoms with Crippen LogP contribution in [-0.2, 0) is 4.74 Å². The number of hydrogen-bond donors (Lipinski definition) is 1. The largest absolute Gasteiger partial charge is 0.391 e. The van der Waals surface area contributed by atoms with Gasteiger partial charge in [-0.05, 0) is 12.1 Å². The van der Waals surface area contributed by atoms with E-state index in [0.717, 1.165) is 12.4 Å². The molecule has 1 aliphatic heterocycles. The maximum absolute atomic E-state index is 11.8. The number of nitrogens with zero attached hydrogens (tertiary/aromatic N) is 3. The molecule has 0 aromatic carbocycles. The number of carbonyl (C=O) groups excluding carboxylic acids is 1. The summed E-state index contributed by atoms with van der Waals surface area (Å²) < 4.78 is 5.49. The number of nitrogens with two attached hydrogens (primary N) is 1. The molecule has 1 aromatic rings. The van der Waals surface area contributed by atoms with Gasteiger partial charge in [-0.1, -0.05) is 12.2 Å². The molecule has 108 valence electrons. The second kappa shape index (κ2) is 6.15. The SMILES string of the molecule is CN(C)C(=O)c1ccc(N2CCOC(C(N)=S)C2)nc1. The number of hydrogen-bond acceptors (Lipinski definition) is 5. The van der Waals surface area contributed by atoms with Gasteiger partial charge in [-0.2, -0.15) is 0 Å². The number of rotatable bonds is 3. The third-order valence-corrected chi connectivity index (χ3v) is 3.37. The zero-order chi connectivity index (χ0) is 14.7. The molecule has 1 aromatic heterocycles. The average Bonchev–Trinajstić information content (AvgIpc) is 2.46. The zero-order valence-corrected chi connectivity index (χ0v) is 12.4. The van der Waals surface area contributed by atoms with E-state index in [2.05, 4.69) is 9.88 Å². The van der Waals surface area contributed by atoms with Crippen LogP contribution < -0.4 is 10.6 Å². The van der Waals surface area contributed by atoms with E-state index in [9.17, 15) is 4.79 Å². The highest BCUT2D eigenvalue weighted by Crippen LogP contribution is 2.16. The second-order valence-corrected chi connectivity index (χ2v) is 5.28. The van der Waals surface area contributed by atoms with Crippen molar-refractivity contribution in [3.63, 3.8) is 0 Å². The van der Waals surface area contributed by atoms with Crippen LogP contribution >= 0.6 is 12.2 Å². The molecule has 7 heteroatoms. The van der Waals surface area contributed by atoms with Crippen molar-refractivity contribution in [2.24, 2.45) is 5.73 Å². The first kappa shape index (κ1) is 14.7. The van der Waals surface area contributed by atoms with Crippen molar-refractivity contribution in [2.75, 3.05) is 38.7 Å². The van der Waals surface area contributed by atoms with Crippen LogP contribution in [0.15, 0.2) is 18.3 Å². The Bertz CT molecular complexity index is 504. The zero-order valence-electron chi connectivity index (χ0n) is 11.6. The van der Waals surface area contributed by atoms with Crippen molar-refractivity contribution < 1.29 is 9.53 Å². The topological polar surface area (TPSA) is 71.7 Å². The number of pyridine rings is 1. The highest BCUT2D eigenvalue weighted by atomic mass is 32.1. The molecule has 2 rings (SSSR count). The summed E-state index contributed by atoms with van der Waals surface area (Å²) in [4.78, 5) is 20.1. The van der Waals surface area contributed by atoms with Crippen LogP contribution in [0.5, 0.6) is 0 Å². The first-order valence-corrected chi connectivity index (χ1v) is 6.73. The summed E-state index contributed by atoms with van der Waals surface area (Å²) in [6.45, 7) is 1.87. The molecular formula is C13H18N4O2S. The van der Waals surface area contributed by atoms with E-state index in [1.165, 1.54) is 4.90 Å². The molecule has 20 heavy (non-hydrogen) atoms. The Kier molecular flexibility index (Phi) is 4.51. The van der Waals surface area contributed by atoms with E-state index in [-0.39, 0.29) is 12.0 Å². The predicted octanol–water partition coefficient (Wildman–Crippen LogP) is 0.275. The van der Waals surface area contributed by atoms with Crippen LogP contribution in [0.3, 0.4) is 0 Å². The summed E-state index contributed by atoms with van der Waals surface area (Å²) in [6.07, 6.45) is 1.34. The van der Waals surface area contributed by atoms with Crippen LogP contribution in [0.25, 0.3) is 0 Å². The molecule has 1 aliphatic rings. The molecule has 0 saturated carbocycles. The molecule has 1 unspecified atom stereocenters. The Morgan fingerprint density at radius 3 is 2.85 bits per heavy atom. The Labute approximate surface area is 123 Å². The molecule has 2 heterocycles. The summed E-state index contributed by atoms with van der Waals surface area (Å²) in [5.41, 5.74) is 6.18. The van der Waals surface area contributed by atoms with Gasteiger partial charge in [0.25, 0.3) is 5.91 Å². The molecule has 0 aliphatic carbocycles. The molecule has 2 N–H and O–H groups in total. The van der Waals surface area contributed by atoms with Gasteiger partial charge in [0.15, 0.2) is 0 Å². The van der Waals surface area contributed by atoms with Gasteiger partial charge in [-0.15, -0.1) is 0 Å². The van der Waals surface area contributed by atoms with Crippen molar-refractivity contribution in [3.05, 3.63) is 23.9 Å². The molecule has 1 amide bonds. The first-order chi connectivity index (χ1) is 9.49. The molecule has 0 bridgehead atoms. The van der Waals surface area contributed by atoms with Gasteiger partial charge in [0, 0.05) is 26.8 Å². The number of morpholine rings is 1. The van der Waals surface area contributed by atoms with Crippen LogP contribution in [0.1, 0.15) is 10.4 Å². The lowest BCUT2D eigenvalue weighted by molar-refractivity contribution is 0.0824. The first-order valence-electron chi connectivity index (χ1n) is 6.32. The maximum Gasteiger partial charge on any atom is 0.254 e. The normalized spacial score (nSPS) is 18.7. The summed E-state index contributed by atoms with van der Waals surface area (Å²) in [5, 5.41) is 0. The number of thiocarbonyl (C=S) groups is 1. The number of carbonyl (C=O) groups is 1. The van der Waals surface area contributed by atoms with E-state index >= 15 is 0 Å². The lowest BCUT2D eigenvalue weighted by atomic mass is 10.2. The molecule has 0 radical (unpaired) electrons. The minimum atomic E-state index is -0.247. The van der Waals surface area contributed by atoms with Gasteiger partial charge in [-0.3, -0.25) is 4.79 Å². The number of aromatic nitrogens is 1. The van der Waals surface area contributed by atoms with E-state index < -0.39 is 0 Å². The van der Waals surface area contributed by atoms with Crippen LogP contribution in [0.4, 0.5) is 5.82 Å². The van der Waals surface area contributed by atoms with Crippen molar-refractivity contribution >= 4 is 28.9 Å². The van der Waals surface area contributed by atoms with Gasteiger partial charge in [0.1, 0.15) is 16.9 Å². The molecular weight excluding hydrogens is 276 g/mol. The van der Waals surface area contributed by atoms with Crippen LogP contribution in [-0.4, -0.2) is 60.7 Å². The maximum atomic E-state index is 11.8. The summed E-state index contributed by atoms with van der Waals surface area (Å²) in [6, 6.07) is 3.61. The molecule has 6 nitrogen and oxygen atoms in total. The molecule has 1 atom stereocenters. The van der Waals surface area contributed by atoms with Gasteiger partial charge in [0.05, 0.1) is 18.7 Å². The molecule has 0 spiro atoms. The monoisotopic (exact) mass is 294 g/mol. The Morgan fingerprint density at radius 2 is 2.30 bits per heavy atom. The van der Waals surface area contributed by atoms with Crippen molar-refractivity contribution in [1.82, 2.24) is 9.88 Å². The summed E-state index contributed by atoms with van der Waals surface area (Å²) in [5.74, 6) is 0.733. The number of anilines is 1. The third kappa shape index (κ3) is 3.23. The predicted molar refractivity (Wildman–Crippen MR) is 81.0 cm³/mol. The molecule has 1 saturated heterocycles. The fourth-order valence-corrected chi connectivity index (χ4v) is 2.13.